The largest absolute Gasteiger partial charge is 0.416 e. The molecule has 0 unspecified atom stereocenters. The number of rotatable bonds is 3. The van der Waals surface area contributed by atoms with Crippen molar-refractivity contribution in [3.63, 3.8) is 0 Å². The lowest BCUT2D eigenvalue weighted by atomic mass is 9.71. The lowest BCUT2D eigenvalue weighted by Crippen LogP contribution is -2.53. The fourth-order valence-corrected chi connectivity index (χ4v) is 3.43. The van der Waals surface area contributed by atoms with E-state index in [1.807, 2.05) is 0 Å². The third kappa shape index (κ3) is 3.86. The van der Waals surface area contributed by atoms with Gasteiger partial charge in [0, 0.05) is 5.92 Å². The summed E-state index contributed by atoms with van der Waals surface area (Å²) in [6.45, 7) is 1.63. The van der Waals surface area contributed by atoms with Crippen LogP contribution in [0.1, 0.15) is 43.2 Å². The second-order valence-corrected chi connectivity index (χ2v) is 6.53. The standard InChI is InChI=1S/C17H21F3N2O.ClH/c18-17(19,20)14-4-1-3-13(11-14)16(7-2-8-16)22-15(23)12-5-9-21-10-6-12;/h1,3-4,11-12,21H,2,5-10H2,(H,22,23);1H. The molecule has 0 spiro atoms. The minimum atomic E-state index is -4.36. The molecule has 134 valence electrons. The molecule has 2 aliphatic rings. The van der Waals surface area contributed by atoms with Crippen LogP contribution in [0.3, 0.4) is 0 Å². The SMILES string of the molecule is Cl.O=C(NC1(c2cccc(C(F)(F)F)c2)CCC1)C1CCNCC1. The monoisotopic (exact) mass is 362 g/mol. The van der Waals surface area contributed by atoms with Gasteiger partial charge in [-0.15, -0.1) is 12.4 Å². The van der Waals surface area contributed by atoms with Crippen LogP contribution in [0.25, 0.3) is 0 Å². The van der Waals surface area contributed by atoms with Gasteiger partial charge in [-0.25, -0.2) is 0 Å². The maximum Gasteiger partial charge on any atom is 0.416 e. The molecule has 1 aromatic carbocycles. The van der Waals surface area contributed by atoms with Crippen LogP contribution in [0, 0.1) is 5.92 Å². The van der Waals surface area contributed by atoms with E-state index in [0.29, 0.717) is 18.4 Å². The summed E-state index contributed by atoms with van der Waals surface area (Å²) in [5, 5.41) is 6.27. The van der Waals surface area contributed by atoms with E-state index < -0.39 is 17.3 Å². The number of benzene rings is 1. The van der Waals surface area contributed by atoms with Gasteiger partial charge in [0.05, 0.1) is 11.1 Å². The van der Waals surface area contributed by atoms with E-state index in [0.717, 1.165) is 38.4 Å². The molecule has 1 heterocycles. The normalized spacial score (nSPS) is 20.6. The molecular formula is C17H22ClF3N2O. The second kappa shape index (κ2) is 7.31. The quantitative estimate of drug-likeness (QED) is 0.862. The summed E-state index contributed by atoms with van der Waals surface area (Å²) in [6.07, 6.45) is -0.478. The highest BCUT2D eigenvalue weighted by atomic mass is 35.5. The molecule has 3 rings (SSSR count). The van der Waals surface area contributed by atoms with Crippen molar-refractivity contribution in [1.82, 2.24) is 10.6 Å². The van der Waals surface area contributed by atoms with Gasteiger partial charge < -0.3 is 10.6 Å². The van der Waals surface area contributed by atoms with Gasteiger partial charge in [-0.2, -0.15) is 13.2 Å². The minimum Gasteiger partial charge on any atom is -0.346 e. The van der Waals surface area contributed by atoms with Crippen LogP contribution < -0.4 is 10.6 Å². The number of halogens is 4. The van der Waals surface area contributed by atoms with Crippen molar-refractivity contribution in [2.45, 2.75) is 43.8 Å². The van der Waals surface area contributed by atoms with Crippen molar-refractivity contribution in [2.24, 2.45) is 5.92 Å². The zero-order chi connectivity index (χ0) is 16.5. The van der Waals surface area contributed by atoms with Crippen LogP contribution in [-0.2, 0) is 16.5 Å². The average Bonchev–Trinajstić information content (AvgIpc) is 2.51. The molecule has 0 radical (unpaired) electrons. The Morgan fingerprint density at radius 3 is 2.42 bits per heavy atom. The Bertz CT molecular complexity index is 581. The molecule has 1 aromatic rings. The van der Waals surface area contributed by atoms with E-state index >= 15 is 0 Å². The van der Waals surface area contributed by atoms with Gasteiger partial charge in [0.25, 0.3) is 0 Å². The molecule has 0 atom stereocenters. The number of alkyl halides is 3. The van der Waals surface area contributed by atoms with Gasteiger partial charge in [-0.05, 0) is 62.9 Å². The smallest absolute Gasteiger partial charge is 0.346 e. The summed E-state index contributed by atoms with van der Waals surface area (Å²) in [5.74, 6) is -0.0665. The van der Waals surface area contributed by atoms with E-state index in [1.165, 1.54) is 12.1 Å². The predicted molar refractivity (Wildman–Crippen MR) is 88.0 cm³/mol. The summed E-state index contributed by atoms with van der Waals surface area (Å²) in [5.41, 5.74) is -0.707. The van der Waals surface area contributed by atoms with Crippen molar-refractivity contribution in [1.29, 1.82) is 0 Å². The Labute approximate surface area is 145 Å². The van der Waals surface area contributed by atoms with Crippen LogP contribution in [-0.4, -0.2) is 19.0 Å². The average molecular weight is 363 g/mol. The lowest BCUT2D eigenvalue weighted by Gasteiger charge is -2.44. The van der Waals surface area contributed by atoms with Gasteiger partial charge >= 0.3 is 6.18 Å². The zero-order valence-electron chi connectivity index (χ0n) is 13.3. The number of piperidine rings is 1. The van der Waals surface area contributed by atoms with Crippen LogP contribution >= 0.6 is 12.4 Å². The Morgan fingerprint density at radius 2 is 1.88 bits per heavy atom. The lowest BCUT2D eigenvalue weighted by molar-refractivity contribution is -0.137. The number of hydrogen-bond donors (Lipinski definition) is 2. The third-order valence-corrected chi connectivity index (χ3v) is 5.02. The summed E-state index contributed by atoms with van der Waals surface area (Å²) in [6, 6.07) is 5.37. The number of hydrogen-bond acceptors (Lipinski definition) is 2. The molecular weight excluding hydrogens is 341 g/mol. The fraction of sp³-hybridized carbons (Fsp3) is 0.588. The Hall–Kier alpha value is -1.27. The number of nitrogens with one attached hydrogen (secondary N) is 2. The molecule has 7 heteroatoms. The van der Waals surface area contributed by atoms with Gasteiger partial charge in [-0.1, -0.05) is 12.1 Å². The van der Waals surface area contributed by atoms with Gasteiger partial charge in [-0.3, -0.25) is 4.79 Å². The number of carbonyl (C=O) groups is 1. The fourth-order valence-electron chi connectivity index (χ4n) is 3.43. The summed E-state index contributed by atoms with van der Waals surface area (Å²) >= 11 is 0. The molecule has 1 aliphatic heterocycles. The highest BCUT2D eigenvalue weighted by Crippen LogP contribution is 2.43. The zero-order valence-corrected chi connectivity index (χ0v) is 14.1. The van der Waals surface area contributed by atoms with Crippen LogP contribution in [0.15, 0.2) is 24.3 Å². The molecule has 0 aromatic heterocycles. The predicted octanol–water partition coefficient (Wildman–Crippen LogP) is 3.62. The van der Waals surface area contributed by atoms with Gasteiger partial charge in [0.2, 0.25) is 5.91 Å². The second-order valence-electron chi connectivity index (χ2n) is 6.53. The van der Waals surface area contributed by atoms with Crippen molar-refractivity contribution in [3.05, 3.63) is 35.4 Å². The molecule has 1 saturated heterocycles. The summed E-state index contributed by atoms with van der Waals surface area (Å²) in [4.78, 5) is 12.5. The molecule has 3 nitrogen and oxygen atoms in total. The highest BCUT2D eigenvalue weighted by Gasteiger charge is 2.42. The topological polar surface area (TPSA) is 41.1 Å². The van der Waals surface area contributed by atoms with Gasteiger partial charge in [0.15, 0.2) is 0 Å². The van der Waals surface area contributed by atoms with E-state index in [9.17, 15) is 18.0 Å². The van der Waals surface area contributed by atoms with Crippen molar-refractivity contribution in [3.8, 4) is 0 Å². The first kappa shape index (κ1) is 19.1. The van der Waals surface area contributed by atoms with Gasteiger partial charge in [0.1, 0.15) is 0 Å². The van der Waals surface area contributed by atoms with Crippen LogP contribution in [0.2, 0.25) is 0 Å². The van der Waals surface area contributed by atoms with E-state index in [-0.39, 0.29) is 24.2 Å². The molecule has 1 aliphatic carbocycles. The van der Waals surface area contributed by atoms with Crippen molar-refractivity contribution >= 4 is 18.3 Å². The number of carbonyl (C=O) groups excluding carboxylic acids is 1. The summed E-state index contributed by atoms with van der Waals surface area (Å²) < 4.78 is 38.8. The van der Waals surface area contributed by atoms with E-state index in [1.54, 1.807) is 6.07 Å². The maximum atomic E-state index is 12.9. The molecule has 2 fully saturated rings. The molecule has 1 saturated carbocycles. The Balaban J connectivity index is 0.00000208. The molecule has 24 heavy (non-hydrogen) atoms. The molecule has 1 amide bonds. The Morgan fingerprint density at radius 1 is 1.21 bits per heavy atom. The maximum absolute atomic E-state index is 12.9. The van der Waals surface area contributed by atoms with Crippen molar-refractivity contribution < 1.29 is 18.0 Å². The molecule has 2 N–H and O–H groups in total. The third-order valence-electron chi connectivity index (χ3n) is 5.02. The number of amides is 1. The Kier molecular flexibility index (Phi) is 5.81. The minimum absolute atomic E-state index is 0. The highest BCUT2D eigenvalue weighted by molar-refractivity contribution is 5.85. The first-order valence-electron chi connectivity index (χ1n) is 8.11. The van der Waals surface area contributed by atoms with Crippen molar-refractivity contribution in [2.75, 3.05) is 13.1 Å². The van der Waals surface area contributed by atoms with E-state index in [2.05, 4.69) is 10.6 Å². The van der Waals surface area contributed by atoms with Crippen LogP contribution in [0.4, 0.5) is 13.2 Å². The summed E-state index contributed by atoms with van der Waals surface area (Å²) in [7, 11) is 0. The molecule has 0 bridgehead atoms. The first-order chi connectivity index (χ1) is 10.9. The van der Waals surface area contributed by atoms with E-state index in [4.69, 9.17) is 0 Å². The first-order valence-corrected chi connectivity index (χ1v) is 8.11. The van der Waals surface area contributed by atoms with Crippen LogP contribution in [0.5, 0.6) is 0 Å².